The minimum Gasteiger partial charge on any atom is -0.383 e. The van der Waals surface area contributed by atoms with Gasteiger partial charge < -0.3 is 10.5 Å². The molecule has 3 heteroatoms. The van der Waals surface area contributed by atoms with Gasteiger partial charge >= 0.3 is 0 Å². The standard InChI is InChI=1S/C14H28N2O/c1-10(2)16(6-7-17-3)9-13-11-4-5-12(8-11)14(13)15/h10-14H,4-9,15H2,1-3H3. The van der Waals surface area contributed by atoms with Crippen LogP contribution in [0.2, 0.25) is 0 Å². The van der Waals surface area contributed by atoms with Gasteiger partial charge in [0.05, 0.1) is 6.61 Å². The summed E-state index contributed by atoms with van der Waals surface area (Å²) in [7, 11) is 1.78. The van der Waals surface area contributed by atoms with Crippen LogP contribution in [0.3, 0.4) is 0 Å². The number of hydrogen-bond acceptors (Lipinski definition) is 3. The molecule has 100 valence electrons. The van der Waals surface area contributed by atoms with Crippen molar-refractivity contribution in [3.63, 3.8) is 0 Å². The first kappa shape index (κ1) is 13.3. The first-order valence-corrected chi connectivity index (χ1v) is 7.12. The molecule has 2 bridgehead atoms. The molecule has 2 aliphatic carbocycles. The van der Waals surface area contributed by atoms with Gasteiger partial charge in [0.1, 0.15) is 0 Å². The second-order valence-electron chi connectivity index (χ2n) is 6.16. The molecule has 2 aliphatic rings. The normalized spacial score (nSPS) is 36.4. The number of nitrogens with two attached hydrogens (primary N) is 1. The van der Waals surface area contributed by atoms with Crippen LogP contribution in [0.25, 0.3) is 0 Å². The third kappa shape index (κ3) is 2.83. The van der Waals surface area contributed by atoms with E-state index < -0.39 is 0 Å². The summed E-state index contributed by atoms with van der Waals surface area (Å²) in [6, 6.07) is 1.05. The number of nitrogens with zero attached hydrogens (tertiary/aromatic N) is 1. The summed E-state index contributed by atoms with van der Waals surface area (Å²) in [4.78, 5) is 2.54. The van der Waals surface area contributed by atoms with Crippen LogP contribution in [-0.2, 0) is 4.74 Å². The lowest BCUT2D eigenvalue weighted by Crippen LogP contribution is -2.45. The number of methoxy groups -OCH3 is 1. The van der Waals surface area contributed by atoms with Crippen molar-refractivity contribution in [2.24, 2.45) is 23.5 Å². The highest BCUT2D eigenvalue weighted by atomic mass is 16.5. The molecule has 0 aromatic carbocycles. The van der Waals surface area contributed by atoms with Gasteiger partial charge in [-0.05, 0) is 50.9 Å². The first-order valence-electron chi connectivity index (χ1n) is 7.12. The van der Waals surface area contributed by atoms with Gasteiger partial charge in [0, 0.05) is 32.3 Å². The Kier molecular flexibility index (Phi) is 4.45. The Morgan fingerprint density at radius 1 is 1.29 bits per heavy atom. The molecule has 2 N–H and O–H groups in total. The van der Waals surface area contributed by atoms with E-state index in [9.17, 15) is 0 Å². The summed E-state index contributed by atoms with van der Waals surface area (Å²) in [5, 5.41) is 0. The van der Waals surface area contributed by atoms with E-state index >= 15 is 0 Å². The van der Waals surface area contributed by atoms with Crippen LogP contribution in [0.15, 0.2) is 0 Å². The average molecular weight is 240 g/mol. The highest BCUT2D eigenvalue weighted by Crippen LogP contribution is 2.47. The summed E-state index contributed by atoms with van der Waals surface area (Å²) in [6.45, 7) is 7.58. The van der Waals surface area contributed by atoms with E-state index in [2.05, 4.69) is 18.7 Å². The molecule has 3 nitrogen and oxygen atoms in total. The van der Waals surface area contributed by atoms with Crippen molar-refractivity contribution in [1.29, 1.82) is 0 Å². The van der Waals surface area contributed by atoms with Crippen molar-refractivity contribution in [2.45, 2.75) is 45.2 Å². The fourth-order valence-corrected chi connectivity index (χ4v) is 3.77. The molecule has 4 atom stereocenters. The maximum Gasteiger partial charge on any atom is 0.0589 e. The minimum atomic E-state index is 0.456. The fourth-order valence-electron chi connectivity index (χ4n) is 3.77. The van der Waals surface area contributed by atoms with Crippen LogP contribution < -0.4 is 5.73 Å². The second kappa shape index (κ2) is 5.68. The number of rotatable bonds is 6. The molecule has 2 fully saturated rings. The number of fused-ring (bicyclic) bond motifs is 2. The van der Waals surface area contributed by atoms with Crippen LogP contribution in [0.5, 0.6) is 0 Å². The molecule has 0 aromatic rings. The lowest BCUT2D eigenvalue weighted by atomic mass is 9.84. The molecule has 0 radical (unpaired) electrons. The van der Waals surface area contributed by atoms with Gasteiger partial charge in [0.25, 0.3) is 0 Å². The molecule has 2 rings (SSSR count). The van der Waals surface area contributed by atoms with Crippen molar-refractivity contribution >= 4 is 0 Å². The molecule has 0 spiro atoms. The van der Waals surface area contributed by atoms with E-state index in [1.54, 1.807) is 7.11 Å². The third-order valence-corrected chi connectivity index (χ3v) is 4.92. The van der Waals surface area contributed by atoms with E-state index in [-0.39, 0.29) is 0 Å². The Balaban J connectivity index is 1.89. The highest BCUT2D eigenvalue weighted by molar-refractivity contribution is 5.00. The Hall–Kier alpha value is -0.120. The van der Waals surface area contributed by atoms with Crippen molar-refractivity contribution in [2.75, 3.05) is 26.8 Å². The van der Waals surface area contributed by atoms with Crippen LogP contribution in [-0.4, -0.2) is 43.8 Å². The first-order chi connectivity index (χ1) is 8.13. The van der Waals surface area contributed by atoms with Gasteiger partial charge in [0.2, 0.25) is 0 Å². The molecule has 0 amide bonds. The molecule has 17 heavy (non-hydrogen) atoms. The van der Waals surface area contributed by atoms with Crippen molar-refractivity contribution < 1.29 is 4.74 Å². The summed E-state index contributed by atoms with van der Waals surface area (Å²) in [5.74, 6) is 2.45. The maximum absolute atomic E-state index is 6.38. The number of ether oxygens (including phenoxy) is 1. The van der Waals surface area contributed by atoms with Crippen LogP contribution >= 0.6 is 0 Å². The van der Waals surface area contributed by atoms with Crippen LogP contribution in [0, 0.1) is 17.8 Å². The van der Waals surface area contributed by atoms with Crippen molar-refractivity contribution in [1.82, 2.24) is 4.90 Å². The van der Waals surface area contributed by atoms with E-state index in [1.165, 1.54) is 25.8 Å². The Labute approximate surface area is 106 Å². The number of hydrogen-bond donors (Lipinski definition) is 1. The molecular formula is C14H28N2O. The van der Waals surface area contributed by atoms with Crippen molar-refractivity contribution in [3.8, 4) is 0 Å². The molecule has 0 aliphatic heterocycles. The quantitative estimate of drug-likeness (QED) is 0.768. The van der Waals surface area contributed by atoms with E-state index in [4.69, 9.17) is 10.5 Å². The summed E-state index contributed by atoms with van der Waals surface area (Å²) < 4.78 is 5.20. The lowest BCUT2D eigenvalue weighted by molar-refractivity contribution is 0.0999. The van der Waals surface area contributed by atoms with Gasteiger partial charge in [-0.15, -0.1) is 0 Å². The van der Waals surface area contributed by atoms with Crippen molar-refractivity contribution in [3.05, 3.63) is 0 Å². The smallest absolute Gasteiger partial charge is 0.0589 e. The molecular weight excluding hydrogens is 212 g/mol. The summed E-state index contributed by atoms with van der Waals surface area (Å²) >= 11 is 0. The molecule has 0 saturated heterocycles. The maximum atomic E-state index is 6.38. The summed E-state index contributed by atoms with van der Waals surface area (Å²) in [5.41, 5.74) is 6.38. The van der Waals surface area contributed by atoms with Gasteiger partial charge in [-0.2, -0.15) is 0 Å². The second-order valence-corrected chi connectivity index (χ2v) is 6.16. The zero-order chi connectivity index (χ0) is 12.4. The van der Waals surface area contributed by atoms with Gasteiger partial charge in [0.15, 0.2) is 0 Å². The SMILES string of the molecule is COCCN(CC1C2CCC(C2)C1N)C(C)C. The van der Waals surface area contributed by atoms with E-state index in [0.717, 1.165) is 30.9 Å². The molecule has 0 heterocycles. The Morgan fingerprint density at radius 2 is 2.00 bits per heavy atom. The van der Waals surface area contributed by atoms with Crippen LogP contribution in [0.1, 0.15) is 33.1 Å². The largest absolute Gasteiger partial charge is 0.383 e. The van der Waals surface area contributed by atoms with Gasteiger partial charge in [-0.1, -0.05) is 0 Å². The summed E-state index contributed by atoms with van der Waals surface area (Å²) in [6.07, 6.45) is 4.18. The molecule has 0 aromatic heterocycles. The van der Waals surface area contributed by atoms with E-state index in [1.807, 2.05) is 0 Å². The predicted molar refractivity (Wildman–Crippen MR) is 70.9 cm³/mol. The monoisotopic (exact) mass is 240 g/mol. The Morgan fingerprint density at radius 3 is 2.53 bits per heavy atom. The molecule has 4 unspecified atom stereocenters. The topological polar surface area (TPSA) is 38.5 Å². The van der Waals surface area contributed by atoms with Gasteiger partial charge in [-0.25, -0.2) is 0 Å². The van der Waals surface area contributed by atoms with E-state index in [0.29, 0.717) is 12.1 Å². The zero-order valence-electron chi connectivity index (χ0n) is 11.6. The lowest BCUT2D eigenvalue weighted by Gasteiger charge is -2.35. The minimum absolute atomic E-state index is 0.456. The fraction of sp³-hybridized carbons (Fsp3) is 1.00. The van der Waals surface area contributed by atoms with Crippen LogP contribution in [0.4, 0.5) is 0 Å². The third-order valence-electron chi connectivity index (χ3n) is 4.92. The Bertz CT molecular complexity index is 242. The average Bonchev–Trinajstić information content (AvgIpc) is 2.86. The molecule has 2 saturated carbocycles. The van der Waals surface area contributed by atoms with Gasteiger partial charge in [-0.3, -0.25) is 4.90 Å². The highest BCUT2D eigenvalue weighted by Gasteiger charge is 2.46. The predicted octanol–water partition coefficient (Wildman–Crippen LogP) is 1.72. The zero-order valence-corrected chi connectivity index (χ0v) is 11.6.